The molecule has 1 saturated carbocycles. The normalized spacial score (nSPS) is 29.6. The van der Waals surface area contributed by atoms with Crippen molar-refractivity contribution in [3.63, 3.8) is 0 Å². The Morgan fingerprint density at radius 1 is 1.38 bits per heavy atom. The summed E-state index contributed by atoms with van der Waals surface area (Å²) >= 11 is 0. The summed E-state index contributed by atoms with van der Waals surface area (Å²) in [5, 5.41) is 22.2. The molecule has 1 aromatic carbocycles. The van der Waals surface area contributed by atoms with E-state index in [2.05, 4.69) is 36.4 Å². The second-order valence-corrected chi connectivity index (χ2v) is 7.09. The highest BCUT2D eigenvalue weighted by Gasteiger charge is 2.45. The average molecular weight is 324 g/mol. The van der Waals surface area contributed by atoms with Crippen molar-refractivity contribution in [2.75, 3.05) is 6.61 Å². The zero-order chi connectivity index (χ0) is 17.4. The van der Waals surface area contributed by atoms with Crippen LogP contribution in [0.3, 0.4) is 0 Å². The van der Waals surface area contributed by atoms with Crippen LogP contribution in [-0.2, 0) is 6.54 Å². The van der Waals surface area contributed by atoms with Crippen LogP contribution in [0.4, 0.5) is 0 Å². The van der Waals surface area contributed by atoms with Gasteiger partial charge < -0.3 is 5.11 Å². The Morgan fingerprint density at radius 3 is 2.75 bits per heavy atom. The molecular weight excluding hydrogens is 296 g/mol. The zero-order valence-electron chi connectivity index (χ0n) is 14.5. The number of terminal acetylenes is 1. The topological polar surface area (TPSA) is 56.0 Å². The first kappa shape index (κ1) is 18.5. The minimum atomic E-state index is -0.399. The molecule has 1 aromatic rings. The molecular formula is C21H28N2O. The van der Waals surface area contributed by atoms with Crippen molar-refractivity contribution in [1.82, 2.24) is 5.32 Å². The number of rotatable bonds is 7. The van der Waals surface area contributed by atoms with Crippen LogP contribution in [0.2, 0.25) is 0 Å². The molecule has 1 aliphatic rings. The Hall–Kier alpha value is -1.81. The van der Waals surface area contributed by atoms with Crippen LogP contribution in [0.25, 0.3) is 0 Å². The molecule has 2 N–H and O–H groups in total. The van der Waals surface area contributed by atoms with Gasteiger partial charge in [0.25, 0.3) is 0 Å². The van der Waals surface area contributed by atoms with Crippen LogP contribution in [0, 0.1) is 41.4 Å². The quantitative estimate of drug-likeness (QED) is 0.755. The molecule has 0 saturated heterocycles. The molecule has 0 radical (unpaired) electrons. The summed E-state index contributed by atoms with van der Waals surface area (Å²) in [4.78, 5) is 0. The second kappa shape index (κ2) is 8.88. The molecule has 128 valence electrons. The summed E-state index contributed by atoms with van der Waals surface area (Å²) in [6, 6.07) is 12.6. The van der Waals surface area contributed by atoms with E-state index in [-0.39, 0.29) is 12.5 Å². The number of benzene rings is 1. The number of nitrogens with one attached hydrogen (secondary N) is 1. The maximum atomic E-state index is 9.28. The van der Waals surface area contributed by atoms with Crippen molar-refractivity contribution < 1.29 is 5.11 Å². The first-order chi connectivity index (χ1) is 11.6. The van der Waals surface area contributed by atoms with Gasteiger partial charge in [-0.05, 0) is 49.0 Å². The second-order valence-electron chi connectivity index (χ2n) is 7.09. The number of aliphatic hydroxyl groups is 1. The summed E-state index contributed by atoms with van der Waals surface area (Å²) < 4.78 is 0. The molecule has 2 rings (SSSR count). The minimum Gasteiger partial charge on any atom is -0.396 e. The highest BCUT2D eigenvalue weighted by Crippen LogP contribution is 2.44. The molecule has 0 amide bonds. The molecule has 0 unspecified atom stereocenters. The molecule has 1 aliphatic carbocycles. The zero-order valence-corrected chi connectivity index (χ0v) is 14.5. The van der Waals surface area contributed by atoms with Crippen molar-refractivity contribution in [1.29, 1.82) is 5.26 Å². The van der Waals surface area contributed by atoms with Crippen LogP contribution >= 0.6 is 0 Å². The first-order valence-corrected chi connectivity index (χ1v) is 8.89. The van der Waals surface area contributed by atoms with E-state index >= 15 is 0 Å². The molecule has 0 spiro atoms. The van der Waals surface area contributed by atoms with Crippen molar-refractivity contribution >= 4 is 0 Å². The highest BCUT2D eigenvalue weighted by molar-refractivity contribution is 5.22. The van der Waals surface area contributed by atoms with E-state index in [9.17, 15) is 10.4 Å². The number of hydrogen-bond donors (Lipinski definition) is 2. The van der Waals surface area contributed by atoms with Gasteiger partial charge in [0.05, 0.1) is 11.6 Å². The summed E-state index contributed by atoms with van der Waals surface area (Å²) in [6.45, 7) is 3.13. The fourth-order valence-electron chi connectivity index (χ4n) is 4.28. The lowest BCUT2D eigenvalue weighted by atomic mass is 9.61. The molecule has 1 fully saturated rings. The van der Waals surface area contributed by atoms with Gasteiger partial charge >= 0.3 is 0 Å². The number of nitriles is 1. The van der Waals surface area contributed by atoms with E-state index in [4.69, 9.17) is 6.42 Å². The maximum Gasteiger partial charge on any atom is 0.0834 e. The third-order valence-corrected chi connectivity index (χ3v) is 5.31. The molecule has 3 heteroatoms. The van der Waals surface area contributed by atoms with Gasteiger partial charge in [-0.15, -0.1) is 6.42 Å². The van der Waals surface area contributed by atoms with Gasteiger partial charge in [-0.25, -0.2) is 0 Å². The van der Waals surface area contributed by atoms with Crippen molar-refractivity contribution in [3.05, 3.63) is 35.9 Å². The third kappa shape index (κ3) is 4.38. The van der Waals surface area contributed by atoms with Crippen LogP contribution in [0.1, 0.15) is 44.6 Å². The van der Waals surface area contributed by atoms with Crippen molar-refractivity contribution in [3.8, 4) is 18.4 Å². The summed E-state index contributed by atoms with van der Waals surface area (Å²) in [5.41, 5.74) is 0.813. The van der Waals surface area contributed by atoms with E-state index in [1.54, 1.807) is 0 Å². The standard InChI is InChI=1S/C21H28N2O/c1-3-21(23-16-18-8-5-4-6-9-18)15-17(2)14-19(11-12-22)20(21)10-7-13-24/h1,4-6,8-9,17,19-20,23-24H,7,10-11,13-16H2,2H3/t17-,19-,20-,21-/m1/s1. The van der Waals surface area contributed by atoms with Gasteiger partial charge in [-0.3, -0.25) is 5.32 Å². The summed E-state index contributed by atoms with van der Waals surface area (Å²) in [7, 11) is 0. The Labute approximate surface area is 146 Å². The van der Waals surface area contributed by atoms with Crippen LogP contribution in [0.15, 0.2) is 30.3 Å². The van der Waals surface area contributed by atoms with Crippen molar-refractivity contribution in [2.45, 2.75) is 51.1 Å². The maximum absolute atomic E-state index is 9.28. The largest absolute Gasteiger partial charge is 0.396 e. The van der Waals surface area contributed by atoms with E-state index in [1.165, 1.54) is 5.56 Å². The van der Waals surface area contributed by atoms with Gasteiger partial charge in [0.1, 0.15) is 0 Å². The molecule has 0 bridgehead atoms. The Kier molecular flexibility index (Phi) is 6.85. The number of hydrogen-bond acceptors (Lipinski definition) is 3. The summed E-state index contributed by atoms with van der Waals surface area (Å²) in [5.74, 6) is 4.08. The number of aliphatic hydroxyl groups excluding tert-OH is 1. The Balaban J connectivity index is 2.23. The molecule has 4 atom stereocenters. The van der Waals surface area contributed by atoms with Gasteiger partial charge in [-0.2, -0.15) is 5.26 Å². The lowest BCUT2D eigenvalue weighted by Crippen LogP contribution is -2.56. The predicted molar refractivity (Wildman–Crippen MR) is 96.8 cm³/mol. The minimum absolute atomic E-state index is 0.171. The van der Waals surface area contributed by atoms with Gasteiger partial charge in [-0.1, -0.05) is 43.2 Å². The molecule has 0 aliphatic heterocycles. The van der Waals surface area contributed by atoms with Gasteiger partial charge in [0, 0.05) is 19.6 Å². The van der Waals surface area contributed by atoms with Crippen LogP contribution in [-0.4, -0.2) is 17.3 Å². The lowest BCUT2D eigenvalue weighted by Gasteiger charge is -2.48. The van der Waals surface area contributed by atoms with Gasteiger partial charge in [0.15, 0.2) is 0 Å². The molecule has 0 aromatic heterocycles. The molecule has 24 heavy (non-hydrogen) atoms. The van der Waals surface area contributed by atoms with Crippen molar-refractivity contribution in [2.24, 2.45) is 17.8 Å². The number of nitrogens with zero attached hydrogens (tertiary/aromatic N) is 1. The highest BCUT2D eigenvalue weighted by atomic mass is 16.2. The van der Waals surface area contributed by atoms with E-state index in [0.29, 0.717) is 18.3 Å². The van der Waals surface area contributed by atoms with E-state index in [0.717, 1.165) is 32.2 Å². The van der Waals surface area contributed by atoms with E-state index in [1.807, 2.05) is 18.2 Å². The third-order valence-electron chi connectivity index (χ3n) is 5.31. The Morgan fingerprint density at radius 2 is 2.12 bits per heavy atom. The fraction of sp³-hybridized carbons (Fsp3) is 0.571. The SMILES string of the molecule is C#C[C@@]1(NCc2ccccc2)C[C@H](C)C[C@@H](CC#N)[C@H]1CCCO. The average Bonchev–Trinajstić information content (AvgIpc) is 2.60. The molecule has 3 nitrogen and oxygen atoms in total. The van der Waals surface area contributed by atoms with Crippen LogP contribution < -0.4 is 5.32 Å². The summed E-state index contributed by atoms with van der Waals surface area (Å²) in [6.07, 6.45) is 10.1. The van der Waals surface area contributed by atoms with Crippen LogP contribution in [0.5, 0.6) is 0 Å². The smallest absolute Gasteiger partial charge is 0.0834 e. The monoisotopic (exact) mass is 324 g/mol. The fourth-order valence-corrected chi connectivity index (χ4v) is 4.28. The first-order valence-electron chi connectivity index (χ1n) is 8.89. The van der Waals surface area contributed by atoms with E-state index < -0.39 is 5.54 Å². The molecule has 0 heterocycles. The predicted octanol–water partition coefficient (Wildman–Crippen LogP) is 3.50. The Bertz CT molecular complexity index is 586. The lowest BCUT2D eigenvalue weighted by molar-refractivity contribution is 0.0800. The van der Waals surface area contributed by atoms with Gasteiger partial charge in [0.2, 0.25) is 0 Å².